The first-order valence-corrected chi connectivity index (χ1v) is 15.0. The lowest BCUT2D eigenvalue weighted by Gasteiger charge is -2.37. The average Bonchev–Trinajstić information content (AvgIpc) is 3.64. The molecule has 2 aliphatic heterocycles. The van der Waals surface area contributed by atoms with Crippen LogP contribution in [0, 0.1) is 5.82 Å². The lowest BCUT2D eigenvalue weighted by Crippen LogP contribution is -2.48. The van der Waals surface area contributed by atoms with Crippen molar-refractivity contribution >= 4 is 34.4 Å². The van der Waals surface area contributed by atoms with Gasteiger partial charge in [0.05, 0.1) is 12.0 Å². The fraction of sp³-hybridized carbons (Fsp3) is 0.444. The summed E-state index contributed by atoms with van der Waals surface area (Å²) in [4.78, 5) is 15.5. The molecule has 0 aliphatic carbocycles. The smallest absolute Gasteiger partial charge is 0.230 e. The van der Waals surface area contributed by atoms with E-state index < -0.39 is 11.2 Å². The summed E-state index contributed by atoms with van der Waals surface area (Å²) in [5.41, 5.74) is 8.01. The largest absolute Gasteiger partial charge is 0.616 e. The van der Waals surface area contributed by atoms with Gasteiger partial charge in [-0.05, 0) is 24.3 Å². The number of ether oxygens (including phenoxy) is 1. The molecule has 0 amide bonds. The van der Waals surface area contributed by atoms with Gasteiger partial charge < -0.3 is 29.2 Å². The number of halogens is 1. The zero-order valence-electron chi connectivity index (χ0n) is 22.4. The van der Waals surface area contributed by atoms with E-state index >= 15 is 0 Å². The van der Waals surface area contributed by atoms with Crippen molar-refractivity contribution in [3.05, 3.63) is 48.5 Å². The van der Waals surface area contributed by atoms with Crippen LogP contribution in [0.2, 0.25) is 0 Å². The number of nitrogens with two attached hydrogens (primary N) is 1. The summed E-state index contributed by atoms with van der Waals surface area (Å²) < 4.78 is 39.4. The van der Waals surface area contributed by atoms with Crippen molar-refractivity contribution in [2.24, 2.45) is 0 Å². The molecule has 2 saturated heterocycles. The van der Waals surface area contributed by atoms with Gasteiger partial charge in [0, 0.05) is 71.3 Å². The van der Waals surface area contributed by atoms with Gasteiger partial charge in [-0.1, -0.05) is 11.2 Å². The van der Waals surface area contributed by atoms with E-state index in [2.05, 4.69) is 24.9 Å². The molecule has 11 nitrogen and oxygen atoms in total. The second-order valence-electron chi connectivity index (χ2n) is 10.2. The van der Waals surface area contributed by atoms with Gasteiger partial charge in [-0.15, -0.1) is 0 Å². The molecule has 0 spiro atoms. The Kier molecular flexibility index (Phi) is 7.67. The molecular weight excluding hydrogens is 535 g/mol. The third-order valence-electron chi connectivity index (χ3n) is 7.47. The number of hydrogen-bond acceptors (Lipinski definition) is 10. The zero-order valence-corrected chi connectivity index (χ0v) is 23.2. The fourth-order valence-corrected chi connectivity index (χ4v) is 6.37. The molecule has 0 atom stereocenters. The van der Waals surface area contributed by atoms with E-state index in [1.54, 1.807) is 18.4 Å². The van der Waals surface area contributed by atoms with Crippen LogP contribution in [-0.4, -0.2) is 93.0 Å². The number of nitrogens with zero attached hydrogens (tertiary/aromatic N) is 7. The van der Waals surface area contributed by atoms with Crippen LogP contribution in [0.4, 0.5) is 22.0 Å². The predicted molar refractivity (Wildman–Crippen MR) is 153 cm³/mol. The highest BCUT2D eigenvalue weighted by atomic mass is 32.2. The maximum Gasteiger partial charge on any atom is 0.230 e. The summed E-state index contributed by atoms with van der Waals surface area (Å²) in [6, 6.07) is 10.6. The Bertz CT molecular complexity index is 1440. The summed E-state index contributed by atoms with van der Waals surface area (Å²) in [5, 5.41) is 4.44. The van der Waals surface area contributed by atoms with Crippen molar-refractivity contribution in [1.82, 2.24) is 24.5 Å². The van der Waals surface area contributed by atoms with Crippen molar-refractivity contribution < 1.29 is 18.1 Å². The number of anilines is 3. The fourth-order valence-electron chi connectivity index (χ4n) is 5.12. The van der Waals surface area contributed by atoms with Crippen molar-refractivity contribution in [3.8, 4) is 17.2 Å². The molecule has 2 N–H and O–H groups in total. The average molecular weight is 569 g/mol. The van der Waals surface area contributed by atoms with Gasteiger partial charge in [0.15, 0.2) is 11.4 Å². The molecule has 0 unspecified atom stereocenters. The minimum atomic E-state index is -0.743. The van der Waals surface area contributed by atoms with Crippen LogP contribution >= 0.6 is 0 Å². The standard InChI is InChI=1S/C27H33FN8O3S/c1-33(27-30-25-18-22(24-3-2-14-38-24)32-36(25)26(29)31-27)8-9-34-10-12-35(13-11-34)23-5-4-20(17-21(23)28)39-19-6-15-40(37)16-7-19/h2-5,14,17-19H,6-13,15-16H2,1H3,(H2,29,30,31)/t19-,40-. The highest BCUT2D eigenvalue weighted by Crippen LogP contribution is 2.28. The Morgan fingerprint density at radius 2 is 1.95 bits per heavy atom. The predicted octanol–water partition coefficient (Wildman–Crippen LogP) is 2.65. The van der Waals surface area contributed by atoms with Gasteiger partial charge in [0.1, 0.15) is 34.9 Å². The first-order valence-electron chi connectivity index (χ1n) is 13.5. The monoisotopic (exact) mass is 568 g/mol. The Balaban J connectivity index is 1.01. The van der Waals surface area contributed by atoms with E-state index in [9.17, 15) is 8.94 Å². The molecule has 0 bridgehead atoms. The molecule has 6 rings (SSSR count). The number of furan rings is 1. The second-order valence-corrected chi connectivity index (χ2v) is 11.9. The molecule has 3 aromatic heterocycles. The first kappa shape index (κ1) is 26.7. The van der Waals surface area contributed by atoms with Gasteiger partial charge in [0.2, 0.25) is 11.9 Å². The molecule has 13 heteroatoms. The van der Waals surface area contributed by atoms with E-state index in [4.69, 9.17) is 14.9 Å². The Morgan fingerprint density at radius 3 is 2.67 bits per heavy atom. The van der Waals surface area contributed by atoms with Gasteiger partial charge in [-0.3, -0.25) is 4.90 Å². The Morgan fingerprint density at radius 1 is 1.15 bits per heavy atom. The number of likely N-dealkylation sites (N-methyl/N-ethyl adjacent to an activating group) is 1. The molecule has 40 heavy (non-hydrogen) atoms. The van der Waals surface area contributed by atoms with Crippen LogP contribution in [0.15, 0.2) is 47.1 Å². The number of benzene rings is 1. The topological polar surface area (TPSA) is 124 Å². The lowest BCUT2D eigenvalue weighted by molar-refractivity contribution is 0.189. The van der Waals surface area contributed by atoms with E-state index in [1.165, 1.54) is 10.6 Å². The van der Waals surface area contributed by atoms with Crippen LogP contribution < -0.4 is 20.3 Å². The molecule has 5 heterocycles. The van der Waals surface area contributed by atoms with Gasteiger partial charge in [0.25, 0.3) is 0 Å². The summed E-state index contributed by atoms with van der Waals surface area (Å²) in [6.07, 6.45) is 3.10. The summed E-state index contributed by atoms with van der Waals surface area (Å²) in [5.74, 6) is 2.99. The number of piperazine rings is 1. The molecule has 0 radical (unpaired) electrons. The van der Waals surface area contributed by atoms with Crippen LogP contribution in [0.25, 0.3) is 17.1 Å². The Labute approximate surface area is 234 Å². The molecule has 0 saturated carbocycles. The first-order chi connectivity index (χ1) is 19.4. The maximum atomic E-state index is 15.0. The summed E-state index contributed by atoms with van der Waals surface area (Å²) >= 11 is -0.743. The quantitative estimate of drug-likeness (QED) is 0.317. The van der Waals surface area contributed by atoms with E-state index in [0.29, 0.717) is 52.5 Å². The SMILES string of the molecule is CN(CCN1CCN(c2ccc(O[C@H]3CC[S@+]([O-])CC3)cc2F)CC1)c1nc(N)n2nc(-c3ccco3)cc2n1. The van der Waals surface area contributed by atoms with E-state index in [1.807, 2.05) is 30.1 Å². The Hall–Kier alpha value is -3.55. The van der Waals surface area contributed by atoms with Crippen molar-refractivity contribution in [2.45, 2.75) is 18.9 Å². The second kappa shape index (κ2) is 11.5. The highest BCUT2D eigenvalue weighted by Gasteiger charge is 2.25. The molecule has 1 aromatic carbocycles. The van der Waals surface area contributed by atoms with Crippen LogP contribution in [-0.2, 0) is 11.2 Å². The van der Waals surface area contributed by atoms with Crippen LogP contribution in [0.1, 0.15) is 12.8 Å². The van der Waals surface area contributed by atoms with Crippen LogP contribution in [0.3, 0.4) is 0 Å². The number of fused-ring (bicyclic) bond motifs is 1. The third kappa shape index (κ3) is 5.81. The van der Waals surface area contributed by atoms with E-state index in [0.717, 1.165) is 45.6 Å². The third-order valence-corrected chi connectivity index (χ3v) is 8.86. The molecular formula is C27H33FN8O3S. The minimum absolute atomic E-state index is 0.00712. The van der Waals surface area contributed by atoms with Crippen molar-refractivity contribution in [2.75, 3.05) is 73.4 Å². The minimum Gasteiger partial charge on any atom is -0.616 e. The van der Waals surface area contributed by atoms with Crippen molar-refractivity contribution in [3.63, 3.8) is 0 Å². The maximum absolute atomic E-state index is 15.0. The molecule has 2 fully saturated rings. The van der Waals surface area contributed by atoms with Crippen LogP contribution in [0.5, 0.6) is 5.75 Å². The van der Waals surface area contributed by atoms with Gasteiger partial charge in [-0.2, -0.15) is 19.6 Å². The molecule has 212 valence electrons. The van der Waals surface area contributed by atoms with Crippen molar-refractivity contribution in [1.29, 1.82) is 0 Å². The number of rotatable bonds is 8. The number of nitrogen functional groups attached to an aromatic ring is 1. The number of hydrogen-bond donors (Lipinski definition) is 1. The number of aromatic nitrogens is 4. The molecule has 2 aliphatic rings. The van der Waals surface area contributed by atoms with Gasteiger partial charge in [-0.25, -0.2) is 4.39 Å². The molecule has 4 aromatic rings. The normalized spacial score (nSPS) is 20.2. The van der Waals surface area contributed by atoms with E-state index in [-0.39, 0.29) is 17.9 Å². The summed E-state index contributed by atoms with van der Waals surface area (Å²) in [6.45, 7) is 4.64. The van der Waals surface area contributed by atoms with Gasteiger partial charge >= 0.3 is 0 Å². The lowest BCUT2D eigenvalue weighted by atomic mass is 10.2. The summed E-state index contributed by atoms with van der Waals surface area (Å²) in [7, 11) is 1.94. The highest BCUT2D eigenvalue weighted by molar-refractivity contribution is 7.91. The zero-order chi connectivity index (χ0) is 27.6.